The van der Waals surface area contributed by atoms with Gasteiger partial charge < -0.3 is 28.6 Å². The molecular weight excluding hydrogens is 374 g/mol. The third kappa shape index (κ3) is 4.12. The average Bonchev–Trinajstić information content (AvgIpc) is 3.23. The Kier molecular flexibility index (Phi) is 5.78. The summed E-state index contributed by atoms with van der Waals surface area (Å²) in [6.45, 7) is 0.678. The molecule has 1 fully saturated rings. The van der Waals surface area contributed by atoms with E-state index in [-0.39, 0.29) is 17.5 Å². The van der Waals surface area contributed by atoms with Crippen LogP contribution in [0.2, 0.25) is 0 Å². The largest absolute Gasteiger partial charge is 0.497 e. The maximum atomic E-state index is 12.0. The monoisotopic (exact) mass is 396 g/mol. The fraction of sp³-hybridized carbons (Fsp3) is 0.471. The van der Waals surface area contributed by atoms with E-state index >= 15 is 0 Å². The van der Waals surface area contributed by atoms with Crippen LogP contribution < -0.4 is 14.4 Å². The van der Waals surface area contributed by atoms with Gasteiger partial charge in [0.15, 0.2) is 12.7 Å². The Morgan fingerprint density at radius 2 is 2.00 bits per heavy atom. The SMILES string of the molecule is COC(=O)[C@@H]1C[C@H](O)C[NH+]1Cn1nc(-c2cc(OC)cc(OC)c2)oc1=S. The number of esters is 1. The summed E-state index contributed by atoms with van der Waals surface area (Å²) in [6.07, 6.45) is -0.236. The number of nitrogens with one attached hydrogen (secondary N) is 1. The first kappa shape index (κ1) is 19.3. The van der Waals surface area contributed by atoms with Gasteiger partial charge in [0.2, 0.25) is 5.89 Å². The van der Waals surface area contributed by atoms with Crippen molar-refractivity contribution in [3.63, 3.8) is 0 Å². The smallest absolute Gasteiger partial charge is 0.364 e. The van der Waals surface area contributed by atoms with E-state index in [0.29, 0.717) is 35.9 Å². The summed E-state index contributed by atoms with van der Waals surface area (Å²) >= 11 is 5.27. The quantitative estimate of drug-likeness (QED) is 0.522. The summed E-state index contributed by atoms with van der Waals surface area (Å²) in [6, 6.07) is 4.80. The minimum Gasteiger partial charge on any atom is -0.497 e. The zero-order chi connectivity index (χ0) is 19.6. The predicted octanol–water partition coefficient (Wildman–Crippen LogP) is 0.0384. The minimum absolute atomic E-state index is 0.171. The van der Waals surface area contributed by atoms with Crippen LogP contribution in [-0.2, 0) is 16.2 Å². The molecule has 0 spiro atoms. The third-order valence-electron chi connectivity index (χ3n) is 4.54. The maximum Gasteiger partial charge on any atom is 0.364 e. The Morgan fingerprint density at radius 1 is 1.33 bits per heavy atom. The molecule has 3 rings (SSSR count). The van der Waals surface area contributed by atoms with Gasteiger partial charge in [-0.1, -0.05) is 0 Å². The number of rotatable bonds is 6. The van der Waals surface area contributed by atoms with E-state index in [2.05, 4.69) is 5.10 Å². The van der Waals surface area contributed by atoms with Crippen molar-refractivity contribution < 1.29 is 33.4 Å². The Morgan fingerprint density at radius 3 is 2.59 bits per heavy atom. The third-order valence-corrected chi connectivity index (χ3v) is 4.84. The van der Waals surface area contributed by atoms with Crippen LogP contribution in [0.5, 0.6) is 11.5 Å². The number of aliphatic hydroxyl groups excluding tert-OH is 1. The number of benzene rings is 1. The summed E-state index contributed by atoms with van der Waals surface area (Å²) in [5.74, 6) is 1.14. The van der Waals surface area contributed by atoms with Gasteiger partial charge in [-0.25, -0.2) is 4.79 Å². The van der Waals surface area contributed by atoms with Crippen LogP contribution in [0.25, 0.3) is 11.5 Å². The van der Waals surface area contributed by atoms with Gasteiger partial charge in [0.25, 0.3) is 4.84 Å². The highest BCUT2D eigenvalue weighted by molar-refractivity contribution is 7.71. The molecule has 27 heavy (non-hydrogen) atoms. The molecule has 0 aliphatic carbocycles. The molecule has 0 amide bonds. The predicted molar refractivity (Wildman–Crippen MR) is 96.1 cm³/mol. The first-order valence-electron chi connectivity index (χ1n) is 8.37. The number of quaternary nitrogens is 1. The van der Waals surface area contributed by atoms with Gasteiger partial charge in [0, 0.05) is 18.1 Å². The topological polar surface area (TPSA) is 100 Å². The van der Waals surface area contributed by atoms with Crippen LogP contribution in [0, 0.1) is 4.84 Å². The summed E-state index contributed by atoms with van der Waals surface area (Å²) in [5, 5.41) is 14.3. The van der Waals surface area contributed by atoms with Crippen molar-refractivity contribution in [2.24, 2.45) is 0 Å². The molecule has 1 aromatic carbocycles. The van der Waals surface area contributed by atoms with Gasteiger partial charge in [0.1, 0.15) is 24.1 Å². The number of aliphatic hydroxyl groups is 1. The number of carbonyl (C=O) groups is 1. The Labute approximate surface area is 161 Å². The molecule has 1 aliphatic rings. The summed E-state index contributed by atoms with van der Waals surface area (Å²) < 4.78 is 22.5. The van der Waals surface area contributed by atoms with Gasteiger partial charge in [-0.2, -0.15) is 4.68 Å². The van der Waals surface area contributed by atoms with E-state index in [1.165, 1.54) is 11.8 Å². The van der Waals surface area contributed by atoms with Crippen molar-refractivity contribution in [3.05, 3.63) is 23.0 Å². The van der Waals surface area contributed by atoms with Crippen LogP contribution in [0.1, 0.15) is 6.42 Å². The molecule has 2 N–H and O–H groups in total. The number of aromatic nitrogens is 2. The van der Waals surface area contributed by atoms with E-state index in [0.717, 1.165) is 4.90 Å². The molecule has 10 heteroatoms. The highest BCUT2D eigenvalue weighted by Crippen LogP contribution is 2.28. The lowest BCUT2D eigenvalue weighted by atomic mass is 10.2. The second-order valence-electron chi connectivity index (χ2n) is 6.26. The molecule has 146 valence electrons. The summed E-state index contributed by atoms with van der Waals surface area (Å²) in [4.78, 5) is 12.9. The lowest BCUT2D eigenvalue weighted by molar-refractivity contribution is -0.928. The maximum absolute atomic E-state index is 12.0. The number of ether oxygens (including phenoxy) is 3. The van der Waals surface area contributed by atoms with Crippen molar-refractivity contribution in [2.45, 2.75) is 25.2 Å². The minimum atomic E-state index is -0.577. The van der Waals surface area contributed by atoms with Gasteiger partial charge in [-0.15, -0.1) is 5.10 Å². The number of methoxy groups -OCH3 is 3. The summed E-state index contributed by atoms with van der Waals surface area (Å²) in [7, 11) is 4.45. The number of nitrogens with zero attached hydrogens (tertiary/aromatic N) is 2. The van der Waals surface area contributed by atoms with E-state index in [1.54, 1.807) is 32.4 Å². The van der Waals surface area contributed by atoms with Gasteiger partial charge in [-0.05, 0) is 24.4 Å². The van der Waals surface area contributed by atoms with Gasteiger partial charge in [0.05, 0.1) is 21.3 Å². The Bertz CT molecular complexity index is 858. The molecule has 0 bridgehead atoms. The van der Waals surface area contributed by atoms with Crippen LogP contribution in [0.4, 0.5) is 0 Å². The van der Waals surface area contributed by atoms with Gasteiger partial charge in [-0.3, -0.25) is 0 Å². The number of likely N-dealkylation sites (tertiary alicyclic amines) is 1. The van der Waals surface area contributed by atoms with Crippen molar-refractivity contribution >= 4 is 18.2 Å². The molecule has 0 radical (unpaired) electrons. The number of carbonyl (C=O) groups excluding carboxylic acids is 1. The second kappa shape index (κ2) is 8.07. The fourth-order valence-corrected chi connectivity index (χ4v) is 3.38. The van der Waals surface area contributed by atoms with Crippen molar-refractivity contribution in [1.82, 2.24) is 9.78 Å². The summed E-state index contributed by atoms with van der Waals surface area (Å²) in [5.41, 5.74) is 0.650. The highest BCUT2D eigenvalue weighted by atomic mass is 32.1. The molecule has 1 unspecified atom stereocenters. The number of hydrogen-bond donors (Lipinski definition) is 2. The van der Waals surface area contributed by atoms with Crippen LogP contribution in [0.3, 0.4) is 0 Å². The molecular formula is C17H22N3O6S+. The standard InChI is InChI=1S/C17H21N3O6S/c1-23-12-4-10(5-13(7-12)24-2)15-18-20(17(27)26-15)9-19-8-11(21)6-14(19)16(22)25-3/h4-5,7,11,14,21H,6,8-9H2,1-3H3/p+1/t11-,14-/m0/s1. The number of hydrogen-bond acceptors (Lipinski definition) is 8. The highest BCUT2D eigenvalue weighted by Gasteiger charge is 2.41. The second-order valence-corrected chi connectivity index (χ2v) is 6.61. The van der Waals surface area contributed by atoms with E-state index < -0.39 is 12.1 Å². The van der Waals surface area contributed by atoms with Crippen LogP contribution >= 0.6 is 12.2 Å². The molecule has 3 atom stereocenters. The molecule has 1 aromatic heterocycles. The Balaban J connectivity index is 1.87. The van der Waals surface area contributed by atoms with Crippen molar-refractivity contribution in [3.8, 4) is 23.0 Å². The van der Waals surface area contributed by atoms with Crippen molar-refractivity contribution in [1.29, 1.82) is 0 Å². The molecule has 0 saturated carbocycles. The molecule has 1 saturated heterocycles. The fourth-order valence-electron chi connectivity index (χ4n) is 3.19. The first-order valence-corrected chi connectivity index (χ1v) is 8.77. The first-order chi connectivity index (χ1) is 12.9. The van der Waals surface area contributed by atoms with Gasteiger partial charge >= 0.3 is 5.97 Å². The lowest BCUT2D eigenvalue weighted by Gasteiger charge is -2.18. The molecule has 1 aliphatic heterocycles. The van der Waals surface area contributed by atoms with E-state index in [4.69, 9.17) is 30.8 Å². The van der Waals surface area contributed by atoms with Crippen molar-refractivity contribution in [2.75, 3.05) is 27.9 Å². The molecule has 9 nitrogen and oxygen atoms in total. The average molecular weight is 396 g/mol. The lowest BCUT2D eigenvalue weighted by Crippen LogP contribution is -3.14. The zero-order valence-electron chi connectivity index (χ0n) is 15.3. The van der Waals surface area contributed by atoms with E-state index in [1.807, 2.05) is 0 Å². The van der Waals surface area contributed by atoms with E-state index in [9.17, 15) is 9.90 Å². The Hall–Kier alpha value is -2.43. The molecule has 2 aromatic rings. The molecule has 2 heterocycles. The van der Waals surface area contributed by atoms with Crippen LogP contribution in [0.15, 0.2) is 22.6 Å². The zero-order valence-corrected chi connectivity index (χ0v) is 16.1. The van der Waals surface area contributed by atoms with Crippen LogP contribution in [-0.4, -0.2) is 60.9 Å². The normalized spacial score (nSPS) is 21.9.